The van der Waals surface area contributed by atoms with Gasteiger partial charge in [-0.15, -0.1) is 0 Å². The lowest BCUT2D eigenvalue weighted by atomic mass is 10.5. The molecule has 0 spiro atoms. The maximum atomic E-state index is 8.56. The summed E-state index contributed by atoms with van der Waals surface area (Å²) in [6.45, 7) is 0.965. The Kier molecular flexibility index (Phi) is 29.0. The van der Waals surface area contributed by atoms with E-state index in [0.29, 0.717) is 25.9 Å². The Bertz CT molecular complexity index is 174. The maximum absolute atomic E-state index is 8.56. The van der Waals surface area contributed by atoms with Crippen LogP contribution in [0.25, 0.3) is 0 Å². The van der Waals surface area contributed by atoms with Crippen LogP contribution < -0.4 is 11.5 Å². The van der Waals surface area contributed by atoms with Crippen LogP contribution in [0.3, 0.4) is 0 Å². The van der Waals surface area contributed by atoms with E-state index in [-0.39, 0.29) is 0 Å². The molecule has 7 heteroatoms. The summed E-state index contributed by atoms with van der Waals surface area (Å²) in [5, 5.41) is 29.4. The number of carbonyl (C=O) groups is 1. The molecule has 7 nitrogen and oxygen atoms in total. The fourth-order valence-corrected chi connectivity index (χ4v) is 0.129. The molecule has 0 aliphatic heterocycles. The minimum absolute atomic E-state index is 0.472. The van der Waals surface area contributed by atoms with E-state index in [2.05, 4.69) is 0 Å². The van der Waals surface area contributed by atoms with Crippen LogP contribution in [0.2, 0.25) is 0 Å². The number of nitrogens with two attached hydrogens (primary N) is 2. The first-order valence-electron chi connectivity index (χ1n) is 3.62. The van der Waals surface area contributed by atoms with Crippen LogP contribution in [0.1, 0.15) is 12.8 Å². The molecule has 0 aromatic carbocycles. The second-order valence-electron chi connectivity index (χ2n) is 1.68. The van der Waals surface area contributed by atoms with Gasteiger partial charge >= 0.3 is 6.16 Å². The first kappa shape index (κ1) is 18.1. The summed E-state index contributed by atoms with van der Waals surface area (Å²) in [7, 11) is 0. The van der Waals surface area contributed by atoms with Crippen LogP contribution in [-0.2, 0) is 0 Å². The van der Waals surface area contributed by atoms with Crippen molar-refractivity contribution in [2.24, 2.45) is 11.5 Å². The van der Waals surface area contributed by atoms with Crippen molar-refractivity contribution in [2.45, 2.75) is 12.8 Å². The number of carboxylic acid groups (broad SMARTS) is 2. The topological polar surface area (TPSA) is 157 Å². The third kappa shape index (κ3) is 182. The molecule has 0 aromatic heterocycles. The van der Waals surface area contributed by atoms with Crippen LogP contribution in [0.5, 0.6) is 0 Å². The molecule has 0 atom stereocenters. The first-order valence-corrected chi connectivity index (χ1v) is 3.62. The summed E-state index contributed by atoms with van der Waals surface area (Å²) in [5.41, 5.74) is 9.83. The molecule has 14 heavy (non-hydrogen) atoms. The van der Waals surface area contributed by atoms with Gasteiger partial charge in [0, 0.05) is 25.9 Å². The van der Waals surface area contributed by atoms with Gasteiger partial charge in [0.15, 0.2) is 0 Å². The molecule has 0 saturated heterocycles. The number of nitrogens with zero attached hydrogens (tertiary/aromatic N) is 2. The van der Waals surface area contributed by atoms with Crippen LogP contribution in [0.4, 0.5) is 4.79 Å². The SMILES string of the molecule is N#CCCN.N#CCCN.O=C(O)O. The summed E-state index contributed by atoms with van der Waals surface area (Å²) in [4.78, 5) is 8.56. The highest BCUT2D eigenvalue weighted by Crippen LogP contribution is 1.59. The predicted octanol–water partition coefficient (Wildman–Crippen LogP) is -0.0600. The average Bonchev–Trinajstić information content (AvgIpc) is 2.07. The van der Waals surface area contributed by atoms with Crippen molar-refractivity contribution in [3.63, 3.8) is 0 Å². The average molecular weight is 202 g/mol. The van der Waals surface area contributed by atoms with E-state index >= 15 is 0 Å². The molecule has 6 N–H and O–H groups in total. The number of nitriles is 2. The molecule has 0 heterocycles. The number of rotatable bonds is 2. The van der Waals surface area contributed by atoms with Gasteiger partial charge in [0.05, 0.1) is 12.1 Å². The molecule has 0 amide bonds. The minimum atomic E-state index is -1.83. The molecule has 0 aliphatic carbocycles. The standard InChI is InChI=1S/2C3H6N2.CH2O3/c2*4-2-1-3-5;2-1(3)4/h2*1-2,4H2;(H2,2,3,4). The van der Waals surface area contributed by atoms with Crippen molar-refractivity contribution >= 4 is 6.16 Å². The van der Waals surface area contributed by atoms with Gasteiger partial charge in [-0.3, -0.25) is 0 Å². The zero-order valence-electron chi connectivity index (χ0n) is 7.68. The second-order valence-corrected chi connectivity index (χ2v) is 1.68. The summed E-state index contributed by atoms with van der Waals surface area (Å²) in [6.07, 6.45) is -0.889. The Labute approximate surface area is 82.2 Å². The highest BCUT2D eigenvalue weighted by molar-refractivity contribution is 5.53. The van der Waals surface area contributed by atoms with Crippen LogP contribution in [0.15, 0.2) is 0 Å². The predicted molar refractivity (Wildman–Crippen MR) is 49.2 cm³/mol. The van der Waals surface area contributed by atoms with Crippen molar-refractivity contribution < 1.29 is 15.0 Å². The summed E-state index contributed by atoms with van der Waals surface area (Å²) in [5.74, 6) is 0. The van der Waals surface area contributed by atoms with E-state index in [4.69, 9.17) is 37.0 Å². The van der Waals surface area contributed by atoms with E-state index in [1.165, 1.54) is 0 Å². The molecule has 0 unspecified atom stereocenters. The Morgan fingerprint density at radius 2 is 1.29 bits per heavy atom. The smallest absolute Gasteiger partial charge is 0.450 e. The molecular weight excluding hydrogens is 188 g/mol. The van der Waals surface area contributed by atoms with Gasteiger partial charge in [0.25, 0.3) is 0 Å². The number of hydrogen-bond donors (Lipinski definition) is 4. The molecule has 0 saturated carbocycles. The molecular formula is C7H14N4O3. The highest BCUT2D eigenvalue weighted by Gasteiger charge is 1.70. The Morgan fingerprint density at radius 1 is 1.07 bits per heavy atom. The lowest BCUT2D eigenvalue weighted by Crippen LogP contribution is -1.94. The summed E-state index contributed by atoms with van der Waals surface area (Å²) < 4.78 is 0. The van der Waals surface area contributed by atoms with Crippen molar-refractivity contribution in [2.75, 3.05) is 13.1 Å². The molecule has 0 aliphatic rings. The molecule has 0 rings (SSSR count). The molecule has 0 fully saturated rings. The van der Waals surface area contributed by atoms with E-state index in [1.54, 1.807) is 0 Å². The zero-order chi connectivity index (χ0) is 11.8. The monoisotopic (exact) mass is 202 g/mol. The first-order chi connectivity index (χ1) is 6.56. The van der Waals surface area contributed by atoms with Crippen LogP contribution in [0, 0.1) is 22.7 Å². The van der Waals surface area contributed by atoms with Gasteiger partial charge in [-0.25, -0.2) is 4.79 Å². The molecule has 0 aromatic rings. The van der Waals surface area contributed by atoms with Gasteiger partial charge < -0.3 is 21.7 Å². The quantitative estimate of drug-likeness (QED) is 0.488. The zero-order valence-corrected chi connectivity index (χ0v) is 7.68. The minimum Gasteiger partial charge on any atom is -0.450 e. The third-order valence-corrected chi connectivity index (χ3v) is 0.512. The lowest BCUT2D eigenvalue weighted by molar-refractivity contribution is 0.137. The fraction of sp³-hybridized carbons (Fsp3) is 0.571. The van der Waals surface area contributed by atoms with Gasteiger partial charge in [-0.05, 0) is 0 Å². The van der Waals surface area contributed by atoms with Gasteiger partial charge in [-0.1, -0.05) is 0 Å². The van der Waals surface area contributed by atoms with Gasteiger partial charge in [-0.2, -0.15) is 10.5 Å². The van der Waals surface area contributed by atoms with Crippen molar-refractivity contribution in [3.8, 4) is 12.1 Å². The Hall–Kier alpha value is -1.83. The van der Waals surface area contributed by atoms with Gasteiger partial charge in [0.1, 0.15) is 0 Å². The van der Waals surface area contributed by atoms with Crippen molar-refractivity contribution in [1.82, 2.24) is 0 Å². The third-order valence-electron chi connectivity index (χ3n) is 0.512. The Morgan fingerprint density at radius 3 is 1.29 bits per heavy atom. The number of hydrogen-bond acceptors (Lipinski definition) is 5. The molecule has 0 bridgehead atoms. The molecule has 80 valence electrons. The normalized spacial score (nSPS) is 6.29. The van der Waals surface area contributed by atoms with Crippen molar-refractivity contribution in [3.05, 3.63) is 0 Å². The second kappa shape index (κ2) is 22.5. The Balaban J connectivity index is -0.000000131. The maximum Gasteiger partial charge on any atom is 0.503 e. The lowest BCUT2D eigenvalue weighted by Gasteiger charge is -1.68. The largest absolute Gasteiger partial charge is 0.503 e. The summed E-state index contributed by atoms with van der Waals surface area (Å²) in [6, 6.07) is 3.78. The fourth-order valence-electron chi connectivity index (χ4n) is 0.129. The van der Waals surface area contributed by atoms with Crippen LogP contribution in [-0.4, -0.2) is 29.5 Å². The van der Waals surface area contributed by atoms with Crippen LogP contribution >= 0.6 is 0 Å². The van der Waals surface area contributed by atoms with E-state index in [0.717, 1.165) is 0 Å². The highest BCUT2D eigenvalue weighted by atomic mass is 16.6. The van der Waals surface area contributed by atoms with Crippen molar-refractivity contribution in [1.29, 1.82) is 10.5 Å². The van der Waals surface area contributed by atoms with E-state index in [9.17, 15) is 0 Å². The molecule has 0 radical (unpaired) electrons. The van der Waals surface area contributed by atoms with E-state index < -0.39 is 6.16 Å². The van der Waals surface area contributed by atoms with Gasteiger partial charge in [0.2, 0.25) is 0 Å². The van der Waals surface area contributed by atoms with E-state index in [1.807, 2.05) is 12.1 Å². The summed E-state index contributed by atoms with van der Waals surface area (Å²) >= 11 is 0.